The van der Waals surface area contributed by atoms with Gasteiger partial charge in [-0.1, -0.05) is 42.5 Å². The number of hydrogen-bond acceptors (Lipinski definition) is 5. The molecule has 0 spiro atoms. The molecule has 4 rings (SSSR count). The van der Waals surface area contributed by atoms with E-state index in [0.717, 1.165) is 54.4 Å². The largest absolute Gasteiger partial charge is 0.489 e. The third-order valence-electron chi connectivity index (χ3n) is 5.44. The molecule has 164 valence electrons. The molecule has 0 N–H and O–H groups in total. The molecule has 0 atom stereocenters. The van der Waals surface area contributed by atoms with Crippen LogP contribution >= 0.6 is 0 Å². The molecule has 6 nitrogen and oxygen atoms in total. The zero-order valence-corrected chi connectivity index (χ0v) is 18.4. The maximum Gasteiger partial charge on any atom is 0.246 e. The van der Waals surface area contributed by atoms with Crippen molar-refractivity contribution in [3.05, 3.63) is 89.6 Å². The van der Waals surface area contributed by atoms with E-state index >= 15 is 0 Å². The Bertz CT molecular complexity index is 1050. The molecule has 0 bridgehead atoms. The van der Waals surface area contributed by atoms with Crippen LogP contribution in [-0.2, 0) is 11.4 Å². The Morgan fingerprint density at radius 2 is 1.84 bits per heavy atom. The molecule has 1 fully saturated rings. The molecule has 0 saturated carbocycles. The lowest BCUT2D eigenvalue weighted by Crippen LogP contribution is -2.34. The molecule has 6 heteroatoms. The van der Waals surface area contributed by atoms with Crippen LogP contribution in [-0.4, -0.2) is 47.2 Å². The number of nitrogens with zero attached hydrogens (tertiary/aromatic N) is 4. The van der Waals surface area contributed by atoms with Crippen LogP contribution in [0.25, 0.3) is 6.08 Å². The van der Waals surface area contributed by atoms with Gasteiger partial charge in [-0.15, -0.1) is 5.10 Å². The number of rotatable bonds is 6. The monoisotopic (exact) mass is 428 g/mol. The Morgan fingerprint density at radius 1 is 0.969 bits per heavy atom. The molecule has 2 heterocycles. The van der Waals surface area contributed by atoms with Crippen LogP contribution < -0.4 is 9.64 Å². The van der Waals surface area contributed by atoms with Gasteiger partial charge in [-0.25, -0.2) is 0 Å². The molecule has 1 aromatic heterocycles. The Morgan fingerprint density at radius 3 is 2.66 bits per heavy atom. The van der Waals surface area contributed by atoms with Gasteiger partial charge in [-0.3, -0.25) is 4.79 Å². The topological polar surface area (TPSA) is 58.6 Å². The van der Waals surface area contributed by atoms with Crippen LogP contribution in [0.4, 0.5) is 5.82 Å². The quantitative estimate of drug-likeness (QED) is 0.553. The van der Waals surface area contributed by atoms with E-state index in [4.69, 9.17) is 4.74 Å². The fraction of sp³-hybridized carbons (Fsp3) is 0.269. The highest BCUT2D eigenvalue weighted by Crippen LogP contribution is 2.17. The number of amides is 1. The number of benzene rings is 2. The standard InChI is InChI=1S/C26H28N4O2/c1-21-11-13-25(28-27-21)29-15-6-16-30(18-17-29)26(31)14-12-22-9-5-10-24(19-22)32-20-23-7-3-2-4-8-23/h2-5,7-14,19H,6,15-18,20H2,1H3/b14-12+. The van der Waals surface area contributed by atoms with E-state index in [1.54, 1.807) is 6.08 Å². The van der Waals surface area contributed by atoms with Crippen molar-refractivity contribution in [1.29, 1.82) is 0 Å². The first-order valence-corrected chi connectivity index (χ1v) is 11.0. The van der Waals surface area contributed by atoms with Crippen molar-refractivity contribution in [2.45, 2.75) is 20.0 Å². The van der Waals surface area contributed by atoms with Gasteiger partial charge in [0.1, 0.15) is 12.4 Å². The van der Waals surface area contributed by atoms with E-state index in [9.17, 15) is 4.79 Å². The summed E-state index contributed by atoms with van der Waals surface area (Å²) < 4.78 is 5.89. The van der Waals surface area contributed by atoms with Crippen molar-refractivity contribution in [3.8, 4) is 5.75 Å². The normalized spacial score (nSPS) is 14.4. The molecule has 1 saturated heterocycles. The minimum atomic E-state index is 0.0254. The predicted molar refractivity (Wildman–Crippen MR) is 126 cm³/mol. The molecule has 1 aliphatic rings. The Hall–Kier alpha value is -3.67. The summed E-state index contributed by atoms with van der Waals surface area (Å²) in [6.45, 7) is 5.46. The number of ether oxygens (including phenoxy) is 1. The van der Waals surface area contributed by atoms with Crippen molar-refractivity contribution < 1.29 is 9.53 Å². The highest BCUT2D eigenvalue weighted by atomic mass is 16.5. The molecule has 32 heavy (non-hydrogen) atoms. The van der Waals surface area contributed by atoms with E-state index in [-0.39, 0.29) is 5.91 Å². The Balaban J connectivity index is 1.32. The van der Waals surface area contributed by atoms with E-state index in [1.165, 1.54) is 0 Å². The summed E-state index contributed by atoms with van der Waals surface area (Å²) in [5.74, 6) is 1.68. The van der Waals surface area contributed by atoms with Crippen molar-refractivity contribution in [2.75, 3.05) is 31.1 Å². The molecule has 0 unspecified atom stereocenters. The number of aromatic nitrogens is 2. The second kappa shape index (κ2) is 10.6. The van der Waals surface area contributed by atoms with E-state index in [0.29, 0.717) is 13.2 Å². The summed E-state index contributed by atoms with van der Waals surface area (Å²) in [7, 11) is 0. The Kier molecular flexibility index (Phi) is 7.12. The first-order chi connectivity index (χ1) is 15.7. The molecular formula is C26H28N4O2. The highest BCUT2D eigenvalue weighted by Gasteiger charge is 2.18. The zero-order valence-electron chi connectivity index (χ0n) is 18.4. The smallest absolute Gasteiger partial charge is 0.246 e. The van der Waals surface area contributed by atoms with E-state index in [2.05, 4.69) is 15.1 Å². The van der Waals surface area contributed by atoms with Gasteiger partial charge in [0.2, 0.25) is 5.91 Å². The lowest BCUT2D eigenvalue weighted by molar-refractivity contribution is -0.125. The average Bonchev–Trinajstić information content (AvgIpc) is 3.09. The number of aryl methyl sites for hydroxylation is 1. The molecule has 0 aliphatic carbocycles. The molecular weight excluding hydrogens is 400 g/mol. The van der Waals surface area contributed by atoms with Crippen molar-refractivity contribution >= 4 is 17.8 Å². The second-order valence-electron chi connectivity index (χ2n) is 7.88. The fourth-order valence-electron chi connectivity index (χ4n) is 3.65. The van der Waals surface area contributed by atoms with Crippen LogP contribution in [0.1, 0.15) is 23.2 Å². The Labute approximate surface area is 189 Å². The van der Waals surface area contributed by atoms with Gasteiger partial charge in [0.15, 0.2) is 5.82 Å². The third-order valence-corrected chi connectivity index (χ3v) is 5.44. The first kappa shape index (κ1) is 21.6. The molecule has 0 radical (unpaired) electrons. The first-order valence-electron chi connectivity index (χ1n) is 11.0. The average molecular weight is 429 g/mol. The lowest BCUT2D eigenvalue weighted by atomic mass is 10.2. The number of anilines is 1. The number of hydrogen-bond donors (Lipinski definition) is 0. The van der Waals surface area contributed by atoms with E-state index < -0.39 is 0 Å². The van der Waals surface area contributed by atoms with Gasteiger partial charge in [-0.2, -0.15) is 5.10 Å². The maximum absolute atomic E-state index is 12.8. The minimum Gasteiger partial charge on any atom is -0.489 e. The number of carbonyl (C=O) groups is 1. The van der Waals surface area contributed by atoms with Crippen molar-refractivity contribution in [2.24, 2.45) is 0 Å². The molecule has 3 aromatic rings. The zero-order chi connectivity index (χ0) is 22.2. The summed E-state index contributed by atoms with van der Waals surface area (Å²) in [6.07, 6.45) is 4.40. The summed E-state index contributed by atoms with van der Waals surface area (Å²) >= 11 is 0. The van der Waals surface area contributed by atoms with Crippen LogP contribution in [0.3, 0.4) is 0 Å². The van der Waals surface area contributed by atoms with Gasteiger partial charge in [0.25, 0.3) is 0 Å². The minimum absolute atomic E-state index is 0.0254. The SMILES string of the molecule is Cc1ccc(N2CCCN(C(=O)/C=C/c3cccc(OCc4ccccc4)c3)CC2)nn1. The third kappa shape index (κ3) is 5.94. The van der Waals surface area contributed by atoms with Crippen LogP contribution in [0.15, 0.2) is 72.8 Å². The second-order valence-corrected chi connectivity index (χ2v) is 7.88. The van der Waals surface area contributed by atoms with Gasteiger partial charge in [0.05, 0.1) is 5.69 Å². The fourth-order valence-corrected chi connectivity index (χ4v) is 3.65. The number of carbonyl (C=O) groups excluding carboxylic acids is 1. The highest BCUT2D eigenvalue weighted by molar-refractivity contribution is 5.91. The van der Waals surface area contributed by atoms with Crippen molar-refractivity contribution in [3.63, 3.8) is 0 Å². The van der Waals surface area contributed by atoms with Crippen LogP contribution in [0.2, 0.25) is 0 Å². The van der Waals surface area contributed by atoms with Gasteiger partial charge < -0.3 is 14.5 Å². The van der Waals surface area contributed by atoms with Gasteiger partial charge >= 0.3 is 0 Å². The molecule has 1 amide bonds. The maximum atomic E-state index is 12.8. The summed E-state index contributed by atoms with van der Waals surface area (Å²) in [4.78, 5) is 16.9. The summed E-state index contributed by atoms with van der Waals surface area (Å²) in [5.41, 5.74) is 2.96. The summed E-state index contributed by atoms with van der Waals surface area (Å²) in [5, 5.41) is 8.42. The van der Waals surface area contributed by atoms with Crippen LogP contribution in [0, 0.1) is 6.92 Å². The van der Waals surface area contributed by atoms with E-state index in [1.807, 2.05) is 84.6 Å². The lowest BCUT2D eigenvalue weighted by Gasteiger charge is -2.21. The predicted octanol–water partition coefficient (Wildman–Crippen LogP) is 4.12. The molecule has 2 aromatic carbocycles. The summed E-state index contributed by atoms with van der Waals surface area (Å²) in [6, 6.07) is 21.8. The molecule has 1 aliphatic heterocycles. The van der Waals surface area contributed by atoms with Gasteiger partial charge in [-0.05, 0) is 54.8 Å². The van der Waals surface area contributed by atoms with Crippen molar-refractivity contribution in [1.82, 2.24) is 15.1 Å². The van der Waals surface area contributed by atoms with Gasteiger partial charge in [0, 0.05) is 32.3 Å². The van der Waals surface area contributed by atoms with Crippen LogP contribution in [0.5, 0.6) is 5.75 Å².